The lowest BCUT2D eigenvalue weighted by atomic mass is 9.73. The molecule has 1 spiro atoms. The Morgan fingerprint density at radius 3 is 2.42 bits per heavy atom. The van der Waals surface area contributed by atoms with E-state index in [9.17, 15) is 0 Å². The molecule has 1 heteroatoms. The smallest absolute Gasteiger partial charge is 0.00497 e. The Labute approximate surface area is 80.5 Å². The average Bonchev–Trinajstić information content (AvgIpc) is 2.50. The Bertz CT molecular complexity index is 147. The van der Waals surface area contributed by atoms with Crippen LogP contribution in [-0.2, 0) is 0 Å². The summed E-state index contributed by atoms with van der Waals surface area (Å²) >= 11 is 2.10. The van der Waals surface area contributed by atoms with Gasteiger partial charge in [0.25, 0.3) is 0 Å². The molecule has 0 N–H and O–H groups in total. The molecule has 0 nitrogen and oxygen atoms in total. The maximum Gasteiger partial charge on any atom is 0.00497 e. The summed E-state index contributed by atoms with van der Waals surface area (Å²) in [6.07, 6.45) is 14.5. The minimum absolute atomic E-state index is 0.825. The number of thioether (sulfide) groups is 1. The first-order valence-corrected chi connectivity index (χ1v) is 6.66. The summed E-state index contributed by atoms with van der Waals surface area (Å²) in [4.78, 5) is 0. The van der Waals surface area contributed by atoms with Crippen LogP contribution < -0.4 is 0 Å². The van der Waals surface area contributed by atoms with Crippen LogP contribution in [0.4, 0.5) is 0 Å². The summed E-state index contributed by atoms with van der Waals surface area (Å²) < 4.78 is 0. The number of rotatable bonds is 1. The van der Waals surface area contributed by atoms with E-state index in [0.29, 0.717) is 0 Å². The highest BCUT2D eigenvalue weighted by molar-refractivity contribution is 7.99. The SMILES string of the molecule is CSC1CCC2(CCCCC2)C1. The number of hydrogen-bond donors (Lipinski definition) is 0. The van der Waals surface area contributed by atoms with Gasteiger partial charge >= 0.3 is 0 Å². The van der Waals surface area contributed by atoms with Crippen molar-refractivity contribution < 1.29 is 0 Å². The molecule has 0 bridgehead atoms. The Kier molecular flexibility index (Phi) is 2.69. The van der Waals surface area contributed by atoms with Gasteiger partial charge in [0.05, 0.1) is 0 Å². The van der Waals surface area contributed by atoms with Crippen molar-refractivity contribution in [2.45, 2.75) is 56.6 Å². The van der Waals surface area contributed by atoms with Gasteiger partial charge in [-0.3, -0.25) is 0 Å². The molecule has 12 heavy (non-hydrogen) atoms. The van der Waals surface area contributed by atoms with Crippen LogP contribution in [0, 0.1) is 5.41 Å². The summed E-state index contributed by atoms with van der Waals surface area (Å²) in [5, 5.41) is 1.00. The van der Waals surface area contributed by atoms with E-state index in [1.54, 1.807) is 19.3 Å². The highest BCUT2D eigenvalue weighted by Crippen LogP contribution is 2.51. The predicted molar refractivity (Wildman–Crippen MR) is 56.7 cm³/mol. The lowest BCUT2D eigenvalue weighted by Crippen LogP contribution is -2.20. The molecule has 0 aliphatic heterocycles. The Morgan fingerprint density at radius 1 is 1.08 bits per heavy atom. The van der Waals surface area contributed by atoms with Gasteiger partial charge in [0.1, 0.15) is 0 Å². The van der Waals surface area contributed by atoms with Crippen LogP contribution in [0.5, 0.6) is 0 Å². The third-order valence-corrected chi connectivity index (χ3v) is 4.97. The van der Waals surface area contributed by atoms with E-state index in [4.69, 9.17) is 0 Å². The molecular formula is C11H20S. The molecule has 0 aromatic carbocycles. The van der Waals surface area contributed by atoms with E-state index in [-0.39, 0.29) is 0 Å². The molecule has 2 rings (SSSR count). The van der Waals surface area contributed by atoms with E-state index in [1.807, 2.05) is 0 Å². The monoisotopic (exact) mass is 184 g/mol. The van der Waals surface area contributed by atoms with E-state index >= 15 is 0 Å². The minimum Gasteiger partial charge on any atom is -0.162 e. The molecule has 0 amide bonds. The van der Waals surface area contributed by atoms with Crippen LogP contribution >= 0.6 is 11.8 Å². The Balaban J connectivity index is 1.94. The second-order valence-electron chi connectivity index (χ2n) is 4.66. The first kappa shape index (κ1) is 8.93. The van der Waals surface area contributed by atoms with Crippen molar-refractivity contribution in [1.29, 1.82) is 0 Å². The molecule has 70 valence electrons. The van der Waals surface area contributed by atoms with E-state index in [2.05, 4.69) is 18.0 Å². The first-order chi connectivity index (χ1) is 5.85. The van der Waals surface area contributed by atoms with Gasteiger partial charge in [-0.2, -0.15) is 11.8 Å². The van der Waals surface area contributed by atoms with Crippen molar-refractivity contribution in [2.24, 2.45) is 5.41 Å². The van der Waals surface area contributed by atoms with Crippen molar-refractivity contribution in [3.05, 3.63) is 0 Å². The van der Waals surface area contributed by atoms with Crippen LogP contribution in [0.15, 0.2) is 0 Å². The summed E-state index contributed by atoms with van der Waals surface area (Å²) in [5.41, 5.74) is 0.825. The Hall–Kier alpha value is 0.350. The maximum atomic E-state index is 2.28. The molecule has 0 saturated heterocycles. The molecule has 2 saturated carbocycles. The van der Waals surface area contributed by atoms with Crippen LogP contribution in [0.1, 0.15) is 51.4 Å². The Morgan fingerprint density at radius 2 is 1.83 bits per heavy atom. The zero-order chi connectivity index (χ0) is 8.44. The van der Waals surface area contributed by atoms with Gasteiger partial charge in [-0.15, -0.1) is 0 Å². The highest BCUT2D eigenvalue weighted by Gasteiger charge is 2.39. The van der Waals surface area contributed by atoms with Gasteiger partial charge in [0.15, 0.2) is 0 Å². The molecule has 2 aliphatic carbocycles. The molecule has 1 atom stereocenters. The first-order valence-electron chi connectivity index (χ1n) is 5.37. The second kappa shape index (κ2) is 3.61. The van der Waals surface area contributed by atoms with Crippen molar-refractivity contribution in [3.63, 3.8) is 0 Å². The van der Waals surface area contributed by atoms with Crippen molar-refractivity contribution in [3.8, 4) is 0 Å². The van der Waals surface area contributed by atoms with Gasteiger partial charge in [-0.05, 0) is 43.8 Å². The lowest BCUT2D eigenvalue weighted by Gasteiger charge is -2.33. The molecule has 1 unspecified atom stereocenters. The second-order valence-corrected chi connectivity index (χ2v) is 5.80. The molecule has 0 heterocycles. The van der Waals surface area contributed by atoms with Crippen molar-refractivity contribution in [1.82, 2.24) is 0 Å². The normalized spacial score (nSPS) is 34.2. The third kappa shape index (κ3) is 1.66. The van der Waals surface area contributed by atoms with Gasteiger partial charge in [0, 0.05) is 5.25 Å². The molecule has 0 aromatic rings. The fourth-order valence-corrected chi connectivity index (χ4v) is 3.99. The predicted octanol–water partition coefficient (Wildman–Crippen LogP) is 3.85. The van der Waals surface area contributed by atoms with Gasteiger partial charge in [-0.25, -0.2) is 0 Å². The fraction of sp³-hybridized carbons (Fsp3) is 1.00. The standard InChI is InChI=1S/C11H20S/c1-12-10-5-8-11(9-10)6-3-2-4-7-11/h10H,2-9H2,1H3. The summed E-state index contributed by atoms with van der Waals surface area (Å²) in [5.74, 6) is 0. The quantitative estimate of drug-likeness (QED) is 0.596. The number of hydrogen-bond acceptors (Lipinski definition) is 1. The topological polar surface area (TPSA) is 0 Å². The minimum atomic E-state index is 0.825. The summed E-state index contributed by atoms with van der Waals surface area (Å²) in [7, 11) is 0. The van der Waals surface area contributed by atoms with Gasteiger partial charge in [-0.1, -0.05) is 19.3 Å². The van der Waals surface area contributed by atoms with Crippen molar-refractivity contribution in [2.75, 3.05) is 6.26 Å². The van der Waals surface area contributed by atoms with Gasteiger partial charge in [0.2, 0.25) is 0 Å². The lowest BCUT2D eigenvalue weighted by molar-refractivity contribution is 0.198. The van der Waals surface area contributed by atoms with E-state index < -0.39 is 0 Å². The molecule has 2 aliphatic rings. The highest BCUT2D eigenvalue weighted by atomic mass is 32.2. The molecule has 0 aromatic heterocycles. The van der Waals surface area contributed by atoms with E-state index in [0.717, 1.165) is 10.7 Å². The van der Waals surface area contributed by atoms with Crippen molar-refractivity contribution >= 4 is 11.8 Å². The molecular weight excluding hydrogens is 164 g/mol. The van der Waals surface area contributed by atoms with Crippen LogP contribution in [0.2, 0.25) is 0 Å². The zero-order valence-corrected chi connectivity index (χ0v) is 8.96. The maximum absolute atomic E-state index is 2.28. The van der Waals surface area contributed by atoms with Crippen LogP contribution in [-0.4, -0.2) is 11.5 Å². The van der Waals surface area contributed by atoms with Gasteiger partial charge < -0.3 is 0 Å². The summed E-state index contributed by atoms with van der Waals surface area (Å²) in [6, 6.07) is 0. The summed E-state index contributed by atoms with van der Waals surface area (Å²) in [6.45, 7) is 0. The fourth-order valence-electron chi connectivity index (χ4n) is 3.11. The third-order valence-electron chi connectivity index (χ3n) is 3.90. The average molecular weight is 184 g/mol. The molecule has 0 radical (unpaired) electrons. The van der Waals surface area contributed by atoms with E-state index in [1.165, 1.54) is 32.1 Å². The van der Waals surface area contributed by atoms with Crippen LogP contribution in [0.25, 0.3) is 0 Å². The van der Waals surface area contributed by atoms with Crippen LogP contribution in [0.3, 0.4) is 0 Å². The zero-order valence-electron chi connectivity index (χ0n) is 8.14. The molecule has 2 fully saturated rings. The largest absolute Gasteiger partial charge is 0.162 e.